The lowest BCUT2D eigenvalue weighted by Crippen LogP contribution is -2.35. The van der Waals surface area contributed by atoms with Gasteiger partial charge in [-0.15, -0.1) is 0 Å². The van der Waals surface area contributed by atoms with Crippen molar-refractivity contribution in [1.29, 1.82) is 0 Å². The van der Waals surface area contributed by atoms with E-state index >= 15 is 0 Å². The third kappa shape index (κ3) is 3.84. The normalized spacial score (nSPS) is 13.7. The van der Waals surface area contributed by atoms with Gasteiger partial charge >= 0.3 is 0 Å². The standard InChI is InChI=1S/C19H22FN3OS/c1-12-16(13(2)22-19(21-12)25-3)7-9-18(24)23-10-4-5-14-11-15(20)6-8-17(14)23/h6,8,11H,4-5,7,9-10H2,1-3H3. The van der Waals surface area contributed by atoms with Crippen molar-refractivity contribution in [1.82, 2.24) is 9.97 Å². The van der Waals surface area contributed by atoms with Gasteiger partial charge in [-0.1, -0.05) is 11.8 Å². The average Bonchev–Trinajstić information content (AvgIpc) is 2.59. The lowest BCUT2D eigenvalue weighted by molar-refractivity contribution is -0.118. The molecule has 0 bridgehead atoms. The number of amides is 1. The first-order valence-electron chi connectivity index (χ1n) is 8.46. The van der Waals surface area contributed by atoms with Gasteiger partial charge in [0.05, 0.1) is 0 Å². The van der Waals surface area contributed by atoms with Crippen molar-refractivity contribution in [3.8, 4) is 0 Å². The van der Waals surface area contributed by atoms with Gasteiger partial charge in [0.2, 0.25) is 5.91 Å². The summed E-state index contributed by atoms with van der Waals surface area (Å²) in [6, 6.07) is 4.68. The number of halogens is 1. The van der Waals surface area contributed by atoms with Gasteiger partial charge < -0.3 is 4.90 Å². The quantitative estimate of drug-likeness (QED) is 0.614. The molecular formula is C19H22FN3OS. The van der Waals surface area contributed by atoms with Crippen molar-refractivity contribution in [3.63, 3.8) is 0 Å². The highest BCUT2D eigenvalue weighted by Crippen LogP contribution is 2.28. The fourth-order valence-corrected chi connectivity index (χ4v) is 3.81. The predicted octanol–water partition coefficient (Wildman–Crippen LogP) is 3.87. The summed E-state index contributed by atoms with van der Waals surface area (Å²) in [5, 5.41) is 0.761. The minimum atomic E-state index is -0.245. The van der Waals surface area contributed by atoms with Crippen LogP contribution in [0.25, 0.3) is 0 Å². The molecule has 132 valence electrons. The maximum Gasteiger partial charge on any atom is 0.227 e. The molecule has 0 unspecified atom stereocenters. The third-order valence-electron chi connectivity index (χ3n) is 4.63. The van der Waals surface area contributed by atoms with Gasteiger partial charge in [0.15, 0.2) is 5.16 Å². The van der Waals surface area contributed by atoms with Crippen LogP contribution in [0, 0.1) is 19.7 Å². The van der Waals surface area contributed by atoms with E-state index in [0.29, 0.717) is 19.4 Å². The van der Waals surface area contributed by atoms with Gasteiger partial charge in [0.25, 0.3) is 0 Å². The molecule has 1 aliphatic rings. The van der Waals surface area contributed by atoms with Crippen LogP contribution in [0.4, 0.5) is 10.1 Å². The zero-order valence-electron chi connectivity index (χ0n) is 14.8. The molecule has 2 heterocycles. The van der Waals surface area contributed by atoms with Crippen LogP contribution >= 0.6 is 11.8 Å². The first kappa shape index (κ1) is 17.9. The Morgan fingerprint density at radius 3 is 2.68 bits per heavy atom. The lowest BCUT2D eigenvalue weighted by Gasteiger charge is -2.29. The number of nitrogens with zero attached hydrogens (tertiary/aromatic N) is 3. The van der Waals surface area contributed by atoms with Crippen LogP contribution in [0.3, 0.4) is 0 Å². The largest absolute Gasteiger partial charge is 0.312 e. The molecule has 0 fully saturated rings. The van der Waals surface area contributed by atoms with Gasteiger partial charge in [0, 0.05) is 30.0 Å². The highest BCUT2D eigenvalue weighted by molar-refractivity contribution is 7.98. The molecule has 0 saturated heterocycles. The smallest absolute Gasteiger partial charge is 0.227 e. The van der Waals surface area contributed by atoms with Crippen LogP contribution in [0.2, 0.25) is 0 Å². The Labute approximate surface area is 151 Å². The Morgan fingerprint density at radius 1 is 1.28 bits per heavy atom. The first-order chi connectivity index (χ1) is 12.0. The minimum absolute atomic E-state index is 0.0697. The summed E-state index contributed by atoms with van der Waals surface area (Å²) in [4.78, 5) is 23.5. The molecule has 0 radical (unpaired) electrons. The molecule has 0 saturated carbocycles. The summed E-state index contributed by atoms with van der Waals surface area (Å²) >= 11 is 1.52. The zero-order chi connectivity index (χ0) is 18.0. The van der Waals surface area contributed by atoms with Crippen molar-refractivity contribution in [2.45, 2.75) is 44.7 Å². The Bertz CT molecular complexity index is 786. The van der Waals surface area contributed by atoms with Gasteiger partial charge in [-0.25, -0.2) is 14.4 Å². The van der Waals surface area contributed by atoms with E-state index in [1.165, 1.54) is 23.9 Å². The fraction of sp³-hybridized carbons (Fsp3) is 0.421. The number of aromatic nitrogens is 2. The highest BCUT2D eigenvalue weighted by Gasteiger charge is 2.23. The molecule has 0 atom stereocenters. The van der Waals surface area contributed by atoms with Gasteiger partial charge in [-0.3, -0.25) is 4.79 Å². The molecule has 1 amide bonds. The molecule has 2 aromatic rings. The molecule has 25 heavy (non-hydrogen) atoms. The number of aryl methyl sites for hydroxylation is 3. The van der Waals surface area contributed by atoms with E-state index in [1.807, 2.05) is 20.1 Å². The second kappa shape index (κ2) is 7.52. The molecule has 1 aromatic carbocycles. The Morgan fingerprint density at radius 2 is 2.00 bits per heavy atom. The van der Waals surface area contributed by atoms with Crippen LogP contribution in [-0.4, -0.2) is 28.7 Å². The Balaban J connectivity index is 1.74. The maximum absolute atomic E-state index is 13.4. The Hall–Kier alpha value is -1.95. The van der Waals surface area contributed by atoms with E-state index < -0.39 is 0 Å². The van der Waals surface area contributed by atoms with Crippen molar-refractivity contribution < 1.29 is 9.18 Å². The molecule has 0 N–H and O–H groups in total. The summed E-state index contributed by atoms with van der Waals surface area (Å²) in [6.45, 7) is 4.62. The molecule has 6 heteroatoms. The molecule has 0 spiro atoms. The molecule has 4 nitrogen and oxygen atoms in total. The maximum atomic E-state index is 13.4. The number of carbonyl (C=O) groups is 1. The number of thioether (sulfide) groups is 1. The van der Waals surface area contributed by atoms with E-state index in [-0.39, 0.29) is 11.7 Å². The fourth-order valence-electron chi connectivity index (χ4n) is 3.35. The second-order valence-corrected chi connectivity index (χ2v) is 7.06. The third-order valence-corrected chi connectivity index (χ3v) is 5.18. The van der Waals surface area contributed by atoms with Crippen LogP contribution in [0.1, 0.15) is 35.4 Å². The number of hydrogen-bond donors (Lipinski definition) is 0. The van der Waals surface area contributed by atoms with Crippen molar-refractivity contribution in [2.24, 2.45) is 0 Å². The van der Waals surface area contributed by atoms with Crippen molar-refractivity contribution in [3.05, 3.63) is 46.5 Å². The summed E-state index contributed by atoms with van der Waals surface area (Å²) in [6.07, 6.45) is 4.66. The average molecular weight is 359 g/mol. The molecule has 3 rings (SSSR count). The van der Waals surface area contributed by atoms with E-state index in [1.54, 1.807) is 11.0 Å². The lowest BCUT2D eigenvalue weighted by atomic mass is 10.00. The number of carbonyl (C=O) groups excluding carboxylic acids is 1. The van der Waals surface area contributed by atoms with E-state index in [9.17, 15) is 9.18 Å². The van der Waals surface area contributed by atoms with Gasteiger partial charge in [0.1, 0.15) is 5.82 Å². The number of anilines is 1. The SMILES string of the molecule is CSc1nc(C)c(CCC(=O)N2CCCc3cc(F)ccc32)c(C)n1. The monoisotopic (exact) mass is 359 g/mol. The first-order valence-corrected chi connectivity index (χ1v) is 9.69. The summed E-state index contributed by atoms with van der Waals surface area (Å²) in [5.74, 6) is -0.175. The number of fused-ring (bicyclic) bond motifs is 1. The van der Waals surface area contributed by atoms with Crippen LogP contribution < -0.4 is 4.90 Å². The minimum Gasteiger partial charge on any atom is -0.312 e. The number of rotatable bonds is 4. The van der Waals surface area contributed by atoms with E-state index in [0.717, 1.165) is 46.2 Å². The molecule has 0 aliphatic carbocycles. The summed E-state index contributed by atoms with van der Waals surface area (Å²) in [7, 11) is 0. The van der Waals surface area contributed by atoms with Crippen LogP contribution in [0.15, 0.2) is 23.4 Å². The van der Waals surface area contributed by atoms with E-state index in [2.05, 4.69) is 9.97 Å². The van der Waals surface area contributed by atoms with Crippen LogP contribution in [-0.2, 0) is 17.6 Å². The molecule has 1 aliphatic heterocycles. The molecular weight excluding hydrogens is 337 g/mol. The Kier molecular flexibility index (Phi) is 5.37. The molecule has 1 aromatic heterocycles. The van der Waals surface area contributed by atoms with Gasteiger partial charge in [-0.05, 0) is 68.7 Å². The summed E-state index contributed by atoms with van der Waals surface area (Å²) in [5.41, 5.74) is 4.68. The predicted molar refractivity (Wildman–Crippen MR) is 98.7 cm³/mol. The van der Waals surface area contributed by atoms with Crippen LogP contribution in [0.5, 0.6) is 0 Å². The van der Waals surface area contributed by atoms with Crippen molar-refractivity contribution in [2.75, 3.05) is 17.7 Å². The van der Waals surface area contributed by atoms with E-state index in [4.69, 9.17) is 0 Å². The summed E-state index contributed by atoms with van der Waals surface area (Å²) < 4.78 is 13.4. The zero-order valence-corrected chi connectivity index (χ0v) is 15.6. The van der Waals surface area contributed by atoms with Gasteiger partial charge in [-0.2, -0.15) is 0 Å². The highest BCUT2D eigenvalue weighted by atomic mass is 32.2. The number of benzene rings is 1. The van der Waals surface area contributed by atoms with Crippen molar-refractivity contribution >= 4 is 23.4 Å². The second-order valence-electron chi connectivity index (χ2n) is 6.28. The number of hydrogen-bond acceptors (Lipinski definition) is 4. The topological polar surface area (TPSA) is 46.1 Å².